The molecule has 0 aliphatic heterocycles. The SMILES string of the molecule is C=C/C=c1\c(=C)c2ccccc2c2nc(-c3ccc(C)cc3)n(-c3ccc(/C=C/c4ccccc4)cc3)c12. The van der Waals surface area contributed by atoms with E-state index in [4.69, 9.17) is 4.98 Å². The molecule has 0 aliphatic carbocycles. The molecule has 0 saturated carbocycles. The maximum atomic E-state index is 5.27. The second kappa shape index (κ2) is 9.84. The summed E-state index contributed by atoms with van der Waals surface area (Å²) in [6.07, 6.45) is 8.16. The number of nitrogens with zero attached hydrogens (tertiary/aromatic N) is 2. The normalized spacial score (nSPS) is 12.1. The number of allylic oxidation sites excluding steroid dienone is 1. The Labute approximate surface area is 222 Å². The topological polar surface area (TPSA) is 17.8 Å². The fraction of sp³-hybridized carbons (Fsp3) is 0.0278. The number of hydrogen-bond acceptors (Lipinski definition) is 1. The zero-order valence-electron chi connectivity index (χ0n) is 21.4. The third-order valence-electron chi connectivity index (χ3n) is 6.98. The van der Waals surface area contributed by atoms with Crippen LogP contribution in [0.5, 0.6) is 0 Å². The first kappa shape index (κ1) is 23.4. The van der Waals surface area contributed by atoms with E-state index in [1.54, 1.807) is 0 Å². The molecule has 0 amide bonds. The van der Waals surface area contributed by atoms with Crippen molar-refractivity contribution in [2.75, 3.05) is 0 Å². The molecule has 1 aromatic heterocycles. The van der Waals surface area contributed by atoms with Crippen LogP contribution in [0.1, 0.15) is 16.7 Å². The van der Waals surface area contributed by atoms with E-state index in [0.717, 1.165) is 54.9 Å². The van der Waals surface area contributed by atoms with Crippen LogP contribution in [-0.4, -0.2) is 9.55 Å². The summed E-state index contributed by atoms with van der Waals surface area (Å²) in [5.74, 6) is 0.905. The van der Waals surface area contributed by atoms with Gasteiger partial charge in [-0.25, -0.2) is 4.98 Å². The van der Waals surface area contributed by atoms with Crippen LogP contribution in [0, 0.1) is 6.92 Å². The van der Waals surface area contributed by atoms with Crippen molar-refractivity contribution in [3.05, 3.63) is 143 Å². The summed E-state index contributed by atoms with van der Waals surface area (Å²) >= 11 is 0. The molecule has 2 nitrogen and oxygen atoms in total. The van der Waals surface area contributed by atoms with Crippen LogP contribution < -0.4 is 10.4 Å². The molecule has 0 N–H and O–H groups in total. The Balaban J connectivity index is 1.62. The van der Waals surface area contributed by atoms with Gasteiger partial charge < -0.3 is 0 Å². The van der Waals surface area contributed by atoms with Gasteiger partial charge in [0.1, 0.15) is 5.82 Å². The standard InChI is InChI=1S/C36H28N2/c1-4-10-32-26(3)31-13-8-9-14-33(31)34-35(32)38(36(37-34)29-21-15-25(2)16-22-29)30-23-19-28(20-24-30)18-17-27-11-6-5-7-12-27/h4-24H,1,3H2,2H3/b18-17+,32-10+. The lowest BCUT2D eigenvalue weighted by Crippen LogP contribution is -2.26. The van der Waals surface area contributed by atoms with E-state index in [1.165, 1.54) is 11.1 Å². The molecular formula is C36H28N2. The molecule has 0 atom stereocenters. The summed E-state index contributed by atoms with van der Waals surface area (Å²) in [6.45, 7) is 10.6. The van der Waals surface area contributed by atoms with Gasteiger partial charge in [-0.15, -0.1) is 0 Å². The van der Waals surface area contributed by atoms with Crippen LogP contribution in [0.25, 0.3) is 63.7 Å². The first-order valence-corrected chi connectivity index (χ1v) is 12.8. The quantitative estimate of drug-likeness (QED) is 0.227. The fourth-order valence-electron chi connectivity index (χ4n) is 5.03. The minimum Gasteiger partial charge on any atom is -0.292 e. The summed E-state index contributed by atoms with van der Waals surface area (Å²) < 4.78 is 2.27. The predicted molar refractivity (Wildman–Crippen MR) is 164 cm³/mol. The molecular weight excluding hydrogens is 460 g/mol. The van der Waals surface area contributed by atoms with Gasteiger partial charge in [0.2, 0.25) is 0 Å². The Morgan fingerprint density at radius 3 is 2.03 bits per heavy atom. The lowest BCUT2D eigenvalue weighted by molar-refractivity contribution is 1.10. The van der Waals surface area contributed by atoms with Crippen molar-refractivity contribution >= 4 is 46.6 Å². The zero-order chi connectivity index (χ0) is 26.1. The lowest BCUT2D eigenvalue weighted by Gasteiger charge is -2.12. The van der Waals surface area contributed by atoms with Crippen molar-refractivity contribution < 1.29 is 0 Å². The Kier molecular flexibility index (Phi) is 6.07. The smallest absolute Gasteiger partial charge is 0.145 e. The maximum Gasteiger partial charge on any atom is 0.145 e. The second-order valence-electron chi connectivity index (χ2n) is 9.51. The number of aromatic nitrogens is 2. The highest BCUT2D eigenvalue weighted by Gasteiger charge is 2.18. The minimum atomic E-state index is 0.905. The van der Waals surface area contributed by atoms with Gasteiger partial charge in [0.15, 0.2) is 0 Å². The summed E-state index contributed by atoms with van der Waals surface area (Å²) in [7, 11) is 0. The van der Waals surface area contributed by atoms with E-state index in [9.17, 15) is 0 Å². The highest BCUT2D eigenvalue weighted by Crippen LogP contribution is 2.30. The molecule has 0 saturated heterocycles. The third kappa shape index (κ3) is 4.16. The molecule has 0 unspecified atom stereocenters. The number of benzene rings is 5. The molecule has 0 aliphatic rings. The van der Waals surface area contributed by atoms with Crippen molar-refractivity contribution in [2.45, 2.75) is 6.92 Å². The molecule has 182 valence electrons. The average molecular weight is 489 g/mol. The number of hydrogen-bond donors (Lipinski definition) is 0. The zero-order valence-corrected chi connectivity index (χ0v) is 21.4. The maximum absolute atomic E-state index is 5.27. The van der Waals surface area contributed by atoms with E-state index in [1.807, 2.05) is 18.2 Å². The van der Waals surface area contributed by atoms with Crippen LogP contribution in [-0.2, 0) is 0 Å². The van der Waals surface area contributed by atoms with Crippen LogP contribution >= 0.6 is 0 Å². The van der Waals surface area contributed by atoms with Gasteiger partial charge in [0, 0.05) is 21.9 Å². The Morgan fingerprint density at radius 1 is 0.711 bits per heavy atom. The second-order valence-corrected chi connectivity index (χ2v) is 9.51. The van der Waals surface area contributed by atoms with E-state index in [2.05, 4.69) is 134 Å². The van der Waals surface area contributed by atoms with E-state index in [-0.39, 0.29) is 0 Å². The average Bonchev–Trinajstić information content (AvgIpc) is 3.36. The van der Waals surface area contributed by atoms with Crippen LogP contribution in [0.15, 0.2) is 116 Å². The number of aryl methyl sites for hydroxylation is 1. The summed E-state index contributed by atoms with van der Waals surface area (Å²) in [5.41, 5.74) is 7.66. The van der Waals surface area contributed by atoms with Crippen molar-refractivity contribution in [3.8, 4) is 17.1 Å². The fourth-order valence-corrected chi connectivity index (χ4v) is 5.03. The predicted octanol–water partition coefficient (Wildman–Crippen LogP) is 7.70. The molecule has 0 spiro atoms. The molecule has 6 rings (SSSR count). The van der Waals surface area contributed by atoms with Gasteiger partial charge in [0.25, 0.3) is 0 Å². The largest absolute Gasteiger partial charge is 0.292 e. The molecule has 2 heteroatoms. The number of imidazole rings is 1. The van der Waals surface area contributed by atoms with Crippen molar-refractivity contribution in [2.24, 2.45) is 0 Å². The van der Waals surface area contributed by atoms with E-state index >= 15 is 0 Å². The molecule has 1 heterocycles. The molecule has 38 heavy (non-hydrogen) atoms. The first-order valence-electron chi connectivity index (χ1n) is 12.8. The lowest BCUT2D eigenvalue weighted by atomic mass is 10.0. The van der Waals surface area contributed by atoms with Gasteiger partial charge in [0.05, 0.1) is 11.0 Å². The van der Waals surface area contributed by atoms with Crippen molar-refractivity contribution in [1.29, 1.82) is 0 Å². The first-order chi connectivity index (χ1) is 18.6. The highest BCUT2D eigenvalue weighted by molar-refractivity contribution is 6.06. The molecule has 0 fully saturated rings. The van der Waals surface area contributed by atoms with Crippen LogP contribution in [0.3, 0.4) is 0 Å². The summed E-state index contributed by atoms with van der Waals surface area (Å²) in [4.78, 5) is 5.27. The van der Waals surface area contributed by atoms with Crippen LogP contribution in [0.4, 0.5) is 0 Å². The van der Waals surface area contributed by atoms with E-state index in [0.29, 0.717) is 0 Å². The van der Waals surface area contributed by atoms with Crippen molar-refractivity contribution in [3.63, 3.8) is 0 Å². The van der Waals surface area contributed by atoms with Gasteiger partial charge in [-0.05, 0) is 40.8 Å². The van der Waals surface area contributed by atoms with Crippen LogP contribution in [0.2, 0.25) is 0 Å². The monoisotopic (exact) mass is 488 g/mol. The number of rotatable bonds is 5. The summed E-state index contributed by atoms with van der Waals surface area (Å²) in [6, 6.07) is 35.9. The summed E-state index contributed by atoms with van der Waals surface area (Å²) in [5, 5.41) is 4.22. The Morgan fingerprint density at radius 2 is 1.34 bits per heavy atom. The van der Waals surface area contributed by atoms with E-state index < -0.39 is 0 Å². The Bertz CT molecular complexity index is 1920. The van der Waals surface area contributed by atoms with Gasteiger partial charge in [-0.3, -0.25) is 4.57 Å². The van der Waals surface area contributed by atoms with Gasteiger partial charge in [-0.2, -0.15) is 0 Å². The molecule has 6 aromatic rings. The van der Waals surface area contributed by atoms with Gasteiger partial charge >= 0.3 is 0 Å². The Hall–Kier alpha value is -4.95. The number of fused-ring (bicyclic) bond motifs is 3. The molecule has 0 radical (unpaired) electrons. The molecule has 0 bridgehead atoms. The van der Waals surface area contributed by atoms with Crippen molar-refractivity contribution in [1.82, 2.24) is 9.55 Å². The third-order valence-corrected chi connectivity index (χ3v) is 6.98. The minimum absolute atomic E-state index is 0.905. The molecule has 5 aromatic carbocycles. The highest BCUT2D eigenvalue weighted by atomic mass is 15.1. The van der Waals surface area contributed by atoms with Gasteiger partial charge in [-0.1, -0.05) is 134 Å².